The van der Waals surface area contributed by atoms with Crippen LogP contribution in [0.5, 0.6) is 11.5 Å². The maximum Gasteiger partial charge on any atom is 0.174 e. The summed E-state index contributed by atoms with van der Waals surface area (Å²) < 4.78 is 34.2. The van der Waals surface area contributed by atoms with Crippen molar-refractivity contribution in [1.82, 2.24) is 0 Å². The Labute approximate surface area is 383 Å². The number of hydrogen-bond acceptors (Lipinski definition) is 4. The van der Waals surface area contributed by atoms with Crippen LogP contribution in [0.3, 0.4) is 0 Å². The van der Waals surface area contributed by atoms with E-state index in [-0.39, 0.29) is 25.8 Å². The van der Waals surface area contributed by atoms with E-state index in [1.54, 1.807) is 0 Å². The summed E-state index contributed by atoms with van der Waals surface area (Å²) in [6, 6.07) is 76.6. The predicted octanol–water partition coefficient (Wildman–Crippen LogP) is 10.5. The van der Waals surface area contributed by atoms with E-state index in [4.69, 9.17) is 17.7 Å². The van der Waals surface area contributed by atoms with Gasteiger partial charge in [0.05, 0.1) is 0 Å². The Morgan fingerprint density at radius 2 is 1.08 bits per heavy atom. The summed E-state index contributed by atoms with van der Waals surface area (Å²) in [5, 5.41) is 12.2. The molecule has 5 nitrogen and oxygen atoms in total. The van der Waals surface area contributed by atoms with Crippen molar-refractivity contribution in [2.45, 2.75) is 19.3 Å². The number of ether oxygens (including phenoxy) is 1. The topological polar surface area (TPSA) is 80.5 Å². The third-order valence-corrected chi connectivity index (χ3v) is 15.6. The van der Waals surface area contributed by atoms with Crippen LogP contribution in [0.25, 0.3) is 16.4 Å². The quantitative estimate of drug-likeness (QED) is 0.0658. The van der Waals surface area contributed by atoms with Gasteiger partial charge in [0.25, 0.3) is 0 Å². The van der Waals surface area contributed by atoms with Crippen LogP contribution in [0.4, 0.5) is 5.69 Å². The molecular formula is C53H46NO4P2PdS-3. The fraction of sp³-hybridized carbons (Fsp3) is 0.0755. The van der Waals surface area contributed by atoms with Gasteiger partial charge < -0.3 is 14.6 Å². The number of fused-ring (bicyclic) bond motifs is 2. The van der Waals surface area contributed by atoms with Crippen molar-refractivity contribution >= 4 is 63.5 Å². The van der Waals surface area contributed by atoms with Gasteiger partial charge in [0, 0.05) is 42.3 Å². The molecule has 0 amide bonds. The minimum Gasteiger partial charge on any atom is -0.774 e. The number of rotatable bonds is 8. The molecule has 0 saturated heterocycles. The molecular weight excluding hydrogens is 915 g/mol. The molecule has 0 spiro atoms. The molecule has 316 valence electrons. The van der Waals surface area contributed by atoms with Crippen LogP contribution in [-0.4, -0.2) is 20.0 Å². The maximum atomic E-state index is 8.97. The molecule has 1 heterocycles. The van der Waals surface area contributed by atoms with Crippen molar-refractivity contribution in [2.75, 3.05) is 7.05 Å². The van der Waals surface area contributed by atoms with E-state index >= 15 is 0 Å². The summed E-state index contributed by atoms with van der Waals surface area (Å²) in [6.45, 7) is 4.71. The number of para-hydroxylation sites is 3. The second-order valence-electron chi connectivity index (χ2n) is 14.8. The van der Waals surface area contributed by atoms with Crippen molar-refractivity contribution in [1.29, 1.82) is 0 Å². The monoisotopic (exact) mass is 960 g/mol. The summed E-state index contributed by atoms with van der Waals surface area (Å²) >= 11 is 0. The first kappa shape index (κ1) is 46.3. The van der Waals surface area contributed by atoms with Gasteiger partial charge in [-0.15, -0.1) is 48.5 Å². The van der Waals surface area contributed by atoms with Crippen LogP contribution in [0.15, 0.2) is 206 Å². The summed E-state index contributed by atoms with van der Waals surface area (Å²) in [7, 11) is -4.50. The van der Waals surface area contributed by atoms with Crippen molar-refractivity contribution < 1.29 is 38.1 Å². The van der Waals surface area contributed by atoms with Gasteiger partial charge >= 0.3 is 0 Å². The van der Waals surface area contributed by atoms with Crippen LogP contribution in [0.1, 0.15) is 25.0 Å². The number of hydrogen-bond donors (Lipinski definition) is 0. The van der Waals surface area contributed by atoms with Crippen LogP contribution in [0, 0.1) is 12.3 Å². The fourth-order valence-electron chi connectivity index (χ4n) is 7.61. The molecule has 0 radical (unpaired) electrons. The largest absolute Gasteiger partial charge is 0.774 e. The van der Waals surface area contributed by atoms with Gasteiger partial charge in [-0.3, -0.25) is 8.42 Å². The van der Waals surface area contributed by atoms with E-state index in [0.29, 0.717) is 0 Å². The fourth-order valence-corrected chi connectivity index (χ4v) is 12.7. The van der Waals surface area contributed by atoms with E-state index < -0.39 is 26.0 Å². The summed E-state index contributed by atoms with van der Waals surface area (Å²) in [5.41, 5.74) is 5.52. The molecule has 1 aliphatic rings. The molecule has 8 aromatic rings. The van der Waals surface area contributed by atoms with Crippen molar-refractivity contribution in [3.8, 4) is 22.6 Å². The Bertz CT molecular complexity index is 2560. The van der Waals surface area contributed by atoms with Crippen LogP contribution in [0.2, 0.25) is 0 Å². The molecule has 9 rings (SSSR count). The SMILES string of the molecule is CC1(C)c2cccc(P(c3ccccc3)c3ccccc3)c2Oc2c([PH+](c3ccccc3)c3ccccc3)cccc21.C[N-]c1ccccc1-c1[c-]cccc1.[CH2-]S(=O)(=O)[O-].[Pd]. The minimum atomic E-state index is -4.17. The van der Waals surface area contributed by atoms with Gasteiger partial charge in [0.2, 0.25) is 0 Å². The second-order valence-corrected chi connectivity index (χ2v) is 20.5. The molecule has 0 bridgehead atoms. The smallest absolute Gasteiger partial charge is 0.174 e. The Balaban J connectivity index is 0.000000266. The average Bonchev–Trinajstić information content (AvgIpc) is 3.28. The molecule has 0 atom stereocenters. The molecule has 62 heavy (non-hydrogen) atoms. The Kier molecular flexibility index (Phi) is 15.9. The zero-order chi connectivity index (χ0) is 42.8. The Morgan fingerprint density at radius 1 is 0.613 bits per heavy atom. The van der Waals surface area contributed by atoms with E-state index in [1.165, 1.54) is 43.0 Å². The van der Waals surface area contributed by atoms with Gasteiger partial charge in [-0.05, 0) is 59.0 Å². The minimum absolute atomic E-state index is 0. The zero-order valence-electron chi connectivity index (χ0n) is 34.6. The second kappa shape index (κ2) is 21.2. The molecule has 1 aliphatic heterocycles. The summed E-state index contributed by atoms with van der Waals surface area (Å²) in [4.78, 5) is 0. The molecule has 0 N–H and O–H groups in total. The van der Waals surface area contributed by atoms with Crippen molar-refractivity contribution in [3.05, 3.63) is 235 Å². The molecule has 0 aliphatic carbocycles. The van der Waals surface area contributed by atoms with E-state index in [2.05, 4.69) is 195 Å². The van der Waals surface area contributed by atoms with Crippen molar-refractivity contribution in [3.63, 3.8) is 0 Å². The average molecular weight is 961 g/mol. The van der Waals surface area contributed by atoms with Gasteiger partial charge in [0.1, 0.15) is 29.6 Å². The Morgan fingerprint density at radius 3 is 1.60 bits per heavy atom. The standard InChI is InChI=1S/C39H32OP2.C13H11N.CH3O3S.Pd/c1-39(2)33-25-15-27-35(41(29-17-7-3-8-18-29)30-19-9-4-10-20-30)37(33)40-38-34(39)26-16-28-36(38)42(31-21-11-5-12-22-31)32-23-13-6-14-24-32;1-14-13-10-6-5-9-12(13)11-7-3-2-4-8-11;1-5(2,3)4;/h3-28H,1-2H3;2-7,9-10H,1H3;1H2,(H,2,3,4);/q;-2;-1;. The summed E-state index contributed by atoms with van der Waals surface area (Å²) in [5.74, 6) is 2.05. The zero-order valence-corrected chi connectivity index (χ0v) is 38.9. The first-order chi connectivity index (χ1) is 29.5. The van der Waals surface area contributed by atoms with Crippen LogP contribution >= 0.6 is 15.8 Å². The maximum absolute atomic E-state index is 8.97. The van der Waals surface area contributed by atoms with Crippen LogP contribution < -0.4 is 36.6 Å². The number of nitrogens with zero attached hydrogens (tertiary/aromatic N) is 1. The number of benzene rings is 8. The van der Waals surface area contributed by atoms with Gasteiger partial charge in [-0.25, -0.2) is 6.26 Å². The van der Waals surface area contributed by atoms with Gasteiger partial charge in [-0.1, -0.05) is 166 Å². The molecule has 8 aromatic carbocycles. The first-order valence-electron chi connectivity index (χ1n) is 19.8. The molecule has 0 aromatic heterocycles. The van der Waals surface area contributed by atoms with E-state index in [1.807, 2.05) is 49.5 Å². The van der Waals surface area contributed by atoms with Gasteiger partial charge in [-0.2, -0.15) is 5.69 Å². The van der Waals surface area contributed by atoms with E-state index in [0.717, 1.165) is 28.3 Å². The molecule has 0 fully saturated rings. The third-order valence-electron chi connectivity index (χ3n) is 10.4. The van der Waals surface area contributed by atoms with Gasteiger partial charge in [0.15, 0.2) is 5.75 Å². The van der Waals surface area contributed by atoms with Crippen LogP contribution in [-0.2, 0) is 36.0 Å². The Hall–Kier alpha value is -5.21. The molecule has 0 unspecified atom stereocenters. The van der Waals surface area contributed by atoms with Crippen molar-refractivity contribution in [2.24, 2.45) is 0 Å². The molecule has 0 saturated carbocycles. The third kappa shape index (κ3) is 11.0. The predicted molar refractivity (Wildman–Crippen MR) is 259 cm³/mol. The first-order valence-corrected chi connectivity index (χ1v) is 24.2. The summed E-state index contributed by atoms with van der Waals surface area (Å²) in [6.07, 6.45) is 2.19. The van der Waals surface area contributed by atoms with E-state index in [9.17, 15) is 0 Å². The molecule has 9 heteroatoms. The normalized spacial score (nSPS) is 12.2.